The van der Waals surface area contributed by atoms with Gasteiger partial charge in [0.1, 0.15) is 5.75 Å². The maximum Gasteiger partial charge on any atom is 0.297 e. The molecule has 3 N–H and O–H groups in total. The molecule has 0 radical (unpaired) electrons. The molecule has 2 rings (SSSR count). The number of ether oxygens (including phenoxy) is 2. The van der Waals surface area contributed by atoms with E-state index in [1.54, 1.807) is 6.07 Å². The van der Waals surface area contributed by atoms with Gasteiger partial charge in [-0.15, -0.1) is 0 Å². The van der Waals surface area contributed by atoms with Crippen LogP contribution in [-0.4, -0.2) is 17.1 Å². The first-order valence-corrected chi connectivity index (χ1v) is 5.69. The Kier molecular flexibility index (Phi) is 3.41. The lowest BCUT2D eigenvalue weighted by Crippen LogP contribution is -2.11. The SMILES string of the molecule is COc1c(Oc2cc(N)c(C)cc2C)nc[nH]c1=O. The third kappa shape index (κ3) is 2.52. The number of nitrogens with one attached hydrogen (secondary N) is 1. The van der Waals surface area contributed by atoms with Gasteiger partial charge in [0, 0.05) is 11.8 Å². The van der Waals surface area contributed by atoms with Crippen LogP contribution < -0.4 is 20.8 Å². The van der Waals surface area contributed by atoms with Gasteiger partial charge in [0.25, 0.3) is 11.4 Å². The van der Waals surface area contributed by atoms with Gasteiger partial charge in [-0.2, -0.15) is 0 Å². The zero-order valence-electron chi connectivity index (χ0n) is 11.0. The second-order valence-electron chi connectivity index (χ2n) is 4.15. The largest absolute Gasteiger partial charge is 0.487 e. The highest BCUT2D eigenvalue weighted by molar-refractivity contribution is 5.55. The number of nitrogens with zero attached hydrogens (tertiary/aromatic N) is 1. The molecule has 0 aliphatic carbocycles. The molecule has 1 heterocycles. The average molecular weight is 261 g/mol. The summed E-state index contributed by atoms with van der Waals surface area (Å²) in [6.07, 6.45) is 1.26. The average Bonchev–Trinajstić information content (AvgIpc) is 2.36. The number of hydrogen-bond acceptors (Lipinski definition) is 5. The van der Waals surface area contributed by atoms with E-state index in [9.17, 15) is 4.79 Å². The lowest BCUT2D eigenvalue weighted by Gasteiger charge is -2.11. The molecular formula is C13H15N3O3. The van der Waals surface area contributed by atoms with Crippen molar-refractivity contribution in [1.82, 2.24) is 9.97 Å². The van der Waals surface area contributed by atoms with Gasteiger partial charge in [-0.05, 0) is 25.0 Å². The Bertz CT molecular complexity index is 665. The fourth-order valence-corrected chi connectivity index (χ4v) is 1.69. The molecule has 100 valence electrons. The first-order chi connectivity index (χ1) is 9.02. The number of rotatable bonds is 3. The number of aromatic amines is 1. The standard InChI is InChI=1S/C13H15N3O3/c1-7-4-8(2)10(5-9(7)14)19-13-11(18-3)12(17)15-6-16-13/h4-6H,14H2,1-3H3,(H,15,16,17). The predicted octanol–water partition coefficient (Wildman–Crippen LogP) is 1.77. The van der Waals surface area contributed by atoms with Crippen molar-refractivity contribution < 1.29 is 9.47 Å². The first-order valence-electron chi connectivity index (χ1n) is 5.69. The highest BCUT2D eigenvalue weighted by Gasteiger charge is 2.13. The molecule has 0 bridgehead atoms. The van der Waals surface area contributed by atoms with Crippen LogP contribution in [0.5, 0.6) is 17.4 Å². The summed E-state index contributed by atoms with van der Waals surface area (Å²) in [5.41, 5.74) is 7.93. The molecule has 0 spiro atoms. The Labute approximate surface area is 110 Å². The van der Waals surface area contributed by atoms with E-state index in [-0.39, 0.29) is 11.6 Å². The number of anilines is 1. The molecule has 0 saturated carbocycles. The van der Waals surface area contributed by atoms with E-state index in [1.807, 2.05) is 19.9 Å². The van der Waals surface area contributed by atoms with Gasteiger partial charge in [0.2, 0.25) is 5.75 Å². The number of methoxy groups -OCH3 is 1. The van der Waals surface area contributed by atoms with Gasteiger partial charge >= 0.3 is 0 Å². The first kappa shape index (κ1) is 12.9. The zero-order chi connectivity index (χ0) is 14.0. The Balaban J connectivity index is 2.45. The Morgan fingerprint density at radius 1 is 1.26 bits per heavy atom. The summed E-state index contributed by atoms with van der Waals surface area (Å²) < 4.78 is 10.6. The van der Waals surface area contributed by atoms with E-state index in [4.69, 9.17) is 15.2 Å². The fraction of sp³-hybridized carbons (Fsp3) is 0.231. The molecule has 0 unspecified atom stereocenters. The van der Waals surface area contributed by atoms with Gasteiger partial charge in [0.05, 0.1) is 13.4 Å². The summed E-state index contributed by atoms with van der Waals surface area (Å²) in [6.45, 7) is 3.81. The summed E-state index contributed by atoms with van der Waals surface area (Å²) in [4.78, 5) is 17.9. The third-order valence-electron chi connectivity index (χ3n) is 2.75. The molecule has 1 aromatic heterocycles. The van der Waals surface area contributed by atoms with Crippen molar-refractivity contribution in [3.8, 4) is 17.4 Å². The van der Waals surface area contributed by atoms with Crippen LogP contribution in [0.3, 0.4) is 0 Å². The zero-order valence-corrected chi connectivity index (χ0v) is 11.0. The molecule has 0 saturated heterocycles. The molecule has 0 atom stereocenters. The van der Waals surface area contributed by atoms with Gasteiger partial charge < -0.3 is 20.2 Å². The van der Waals surface area contributed by atoms with Crippen molar-refractivity contribution in [2.75, 3.05) is 12.8 Å². The minimum Gasteiger partial charge on any atom is -0.487 e. The second-order valence-corrected chi connectivity index (χ2v) is 4.15. The van der Waals surface area contributed by atoms with E-state index in [1.165, 1.54) is 13.4 Å². The number of hydrogen-bond donors (Lipinski definition) is 2. The Morgan fingerprint density at radius 2 is 2.00 bits per heavy atom. The van der Waals surface area contributed by atoms with Crippen molar-refractivity contribution in [2.45, 2.75) is 13.8 Å². The van der Waals surface area contributed by atoms with E-state index >= 15 is 0 Å². The van der Waals surface area contributed by atoms with Crippen molar-refractivity contribution in [3.63, 3.8) is 0 Å². The van der Waals surface area contributed by atoms with Gasteiger partial charge in [-0.25, -0.2) is 4.98 Å². The smallest absolute Gasteiger partial charge is 0.297 e. The van der Waals surface area contributed by atoms with Crippen LogP contribution in [0.1, 0.15) is 11.1 Å². The van der Waals surface area contributed by atoms with Crippen LogP contribution in [0.4, 0.5) is 5.69 Å². The van der Waals surface area contributed by atoms with Gasteiger partial charge in [0.15, 0.2) is 0 Å². The van der Waals surface area contributed by atoms with Crippen LogP contribution in [0, 0.1) is 13.8 Å². The fourth-order valence-electron chi connectivity index (χ4n) is 1.69. The molecule has 6 heteroatoms. The van der Waals surface area contributed by atoms with Crippen LogP contribution in [0.15, 0.2) is 23.3 Å². The third-order valence-corrected chi connectivity index (χ3v) is 2.75. The molecule has 0 aliphatic heterocycles. The molecule has 2 aromatic rings. The van der Waals surface area contributed by atoms with Gasteiger partial charge in [-0.1, -0.05) is 6.07 Å². The van der Waals surface area contributed by atoms with Crippen molar-refractivity contribution in [1.29, 1.82) is 0 Å². The summed E-state index contributed by atoms with van der Waals surface area (Å²) in [5.74, 6) is 0.679. The lowest BCUT2D eigenvalue weighted by atomic mass is 10.1. The number of nitrogens with two attached hydrogens (primary N) is 1. The van der Waals surface area contributed by atoms with Crippen molar-refractivity contribution >= 4 is 5.69 Å². The molecule has 6 nitrogen and oxygen atoms in total. The maximum absolute atomic E-state index is 11.5. The van der Waals surface area contributed by atoms with Crippen LogP contribution in [0.25, 0.3) is 0 Å². The normalized spacial score (nSPS) is 10.3. The monoisotopic (exact) mass is 261 g/mol. The molecule has 1 aromatic carbocycles. The molecule has 19 heavy (non-hydrogen) atoms. The maximum atomic E-state index is 11.5. The van der Waals surface area contributed by atoms with E-state index in [2.05, 4.69) is 9.97 Å². The summed E-state index contributed by atoms with van der Waals surface area (Å²) in [6, 6.07) is 3.61. The van der Waals surface area contributed by atoms with Crippen LogP contribution in [-0.2, 0) is 0 Å². The number of H-pyrrole nitrogens is 1. The van der Waals surface area contributed by atoms with Crippen molar-refractivity contribution in [2.24, 2.45) is 0 Å². The Morgan fingerprint density at radius 3 is 2.68 bits per heavy atom. The lowest BCUT2D eigenvalue weighted by molar-refractivity contribution is 0.362. The van der Waals surface area contributed by atoms with Crippen molar-refractivity contribution in [3.05, 3.63) is 39.9 Å². The van der Waals surface area contributed by atoms with Gasteiger partial charge in [-0.3, -0.25) is 4.79 Å². The number of nitrogen functional groups attached to an aromatic ring is 1. The molecular weight excluding hydrogens is 246 g/mol. The minimum absolute atomic E-state index is 0.0287. The second kappa shape index (κ2) is 5.01. The number of benzene rings is 1. The summed E-state index contributed by atoms with van der Waals surface area (Å²) in [5, 5.41) is 0. The number of aromatic nitrogens is 2. The quantitative estimate of drug-likeness (QED) is 0.822. The van der Waals surface area contributed by atoms with E-state index in [0.717, 1.165) is 11.1 Å². The summed E-state index contributed by atoms with van der Waals surface area (Å²) >= 11 is 0. The predicted molar refractivity (Wildman–Crippen MR) is 71.8 cm³/mol. The Hall–Kier alpha value is -2.50. The molecule has 0 fully saturated rings. The highest BCUT2D eigenvalue weighted by Crippen LogP contribution is 2.30. The van der Waals surface area contributed by atoms with E-state index in [0.29, 0.717) is 11.4 Å². The highest BCUT2D eigenvalue weighted by atomic mass is 16.5. The van der Waals surface area contributed by atoms with E-state index < -0.39 is 5.56 Å². The minimum atomic E-state index is -0.398. The molecule has 0 aliphatic rings. The molecule has 0 amide bonds. The number of aryl methyl sites for hydroxylation is 2. The topological polar surface area (TPSA) is 90.2 Å². The summed E-state index contributed by atoms with van der Waals surface area (Å²) in [7, 11) is 1.38. The van der Waals surface area contributed by atoms with Crippen LogP contribution in [0.2, 0.25) is 0 Å². The van der Waals surface area contributed by atoms with Crippen LogP contribution >= 0.6 is 0 Å².